The molecule has 0 saturated heterocycles. The Morgan fingerprint density at radius 2 is 1.64 bits per heavy atom. The van der Waals surface area contributed by atoms with Crippen LogP contribution in [-0.2, 0) is 11.4 Å². The summed E-state index contributed by atoms with van der Waals surface area (Å²) >= 11 is 0. The second kappa shape index (κ2) is 12.7. The Morgan fingerprint density at radius 3 is 2.36 bits per heavy atom. The molecular weight excluding hydrogens is 348 g/mol. The number of unbranched alkanes of at least 4 members (excludes halogenated alkanes) is 5. The predicted molar refractivity (Wildman–Crippen MR) is 116 cm³/mol. The van der Waals surface area contributed by atoms with Crippen molar-refractivity contribution in [2.24, 2.45) is 5.10 Å². The van der Waals surface area contributed by atoms with Crippen molar-refractivity contribution in [3.63, 3.8) is 0 Å². The third kappa shape index (κ3) is 8.85. The first-order chi connectivity index (χ1) is 13.7. The molecule has 0 spiro atoms. The van der Waals surface area contributed by atoms with Crippen molar-refractivity contribution in [3.8, 4) is 5.75 Å². The molecule has 0 heterocycles. The summed E-state index contributed by atoms with van der Waals surface area (Å²) in [5, 5.41) is 4.04. The molecule has 1 N–H and O–H groups in total. The van der Waals surface area contributed by atoms with Crippen molar-refractivity contribution in [3.05, 3.63) is 65.2 Å². The van der Waals surface area contributed by atoms with Crippen LogP contribution in [0.3, 0.4) is 0 Å². The molecule has 150 valence electrons. The molecule has 0 fully saturated rings. The number of amides is 1. The van der Waals surface area contributed by atoms with E-state index in [1.165, 1.54) is 31.2 Å². The molecule has 2 rings (SSSR count). The molecule has 0 aliphatic heterocycles. The summed E-state index contributed by atoms with van der Waals surface area (Å²) in [6.07, 6.45) is 9.24. The van der Waals surface area contributed by atoms with Gasteiger partial charge in [0.15, 0.2) is 0 Å². The third-order valence-corrected chi connectivity index (χ3v) is 4.57. The molecule has 0 atom stereocenters. The van der Waals surface area contributed by atoms with Crippen LogP contribution in [0.1, 0.15) is 68.6 Å². The van der Waals surface area contributed by atoms with Crippen molar-refractivity contribution in [2.45, 2.75) is 65.4 Å². The van der Waals surface area contributed by atoms with Gasteiger partial charge in [-0.3, -0.25) is 4.79 Å². The minimum absolute atomic E-state index is 0.0233. The van der Waals surface area contributed by atoms with E-state index in [0.717, 1.165) is 29.7 Å². The second-order valence-electron chi connectivity index (χ2n) is 7.15. The Hall–Kier alpha value is -2.62. The zero-order valence-electron chi connectivity index (χ0n) is 17.1. The lowest BCUT2D eigenvalue weighted by atomic mass is 10.1. The van der Waals surface area contributed by atoms with Gasteiger partial charge in [0.1, 0.15) is 12.4 Å². The number of ether oxygens (including phenoxy) is 1. The maximum Gasteiger partial charge on any atom is 0.240 e. The minimum atomic E-state index is -0.0233. The Balaban J connectivity index is 1.65. The Bertz CT molecular complexity index is 721. The van der Waals surface area contributed by atoms with E-state index in [2.05, 4.69) is 48.6 Å². The lowest BCUT2D eigenvalue weighted by molar-refractivity contribution is -0.121. The summed E-state index contributed by atoms with van der Waals surface area (Å²) in [7, 11) is 0. The molecule has 4 heteroatoms. The summed E-state index contributed by atoms with van der Waals surface area (Å²) in [5.74, 6) is 0.787. The van der Waals surface area contributed by atoms with Crippen LogP contribution in [0.2, 0.25) is 0 Å². The van der Waals surface area contributed by atoms with E-state index < -0.39 is 0 Å². The number of nitrogens with zero attached hydrogens (tertiary/aromatic N) is 1. The van der Waals surface area contributed by atoms with E-state index in [1.807, 2.05) is 24.3 Å². The lowest BCUT2D eigenvalue weighted by Crippen LogP contribution is -2.16. The number of carbonyl (C=O) groups excluding carboxylic acids is 1. The molecule has 1 amide bonds. The predicted octanol–water partition coefficient (Wildman–Crippen LogP) is 5.77. The van der Waals surface area contributed by atoms with Gasteiger partial charge in [-0.2, -0.15) is 5.10 Å². The SMILES string of the molecule is CCCCCCCCC(=O)N/N=C/c1ccc(OCc2ccc(C)cc2)cc1. The average Bonchev–Trinajstić information content (AvgIpc) is 2.71. The van der Waals surface area contributed by atoms with Crippen LogP contribution in [0.4, 0.5) is 0 Å². The van der Waals surface area contributed by atoms with Crippen LogP contribution >= 0.6 is 0 Å². The fraction of sp³-hybridized carbons (Fsp3) is 0.417. The molecule has 0 unspecified atom stereocenters. The van der Waals surface area contributed by atoms with E-state index in [4.69, 9.17) is 4.74 Å². The van der Waals surface area contributed by atoms with Crippen molar-refractivity contribution >= 4 is 12.1 Å². The van der Waals surface area contributed by atoms with Crippen molar-refractivity contribution < 1.29 is 9.53 Å². The number of nitrogens with one attached hydrogen (secondary N) is 1. The van der Waals surface area contributed by atoms with E-state index in [9.17, 15) is 4.79 Å². The largest absolute Gasteiger partial charge is 0.489 e. The fourth-order valence-electron chi connectivity index (χ4n) is 2.80. The monoisotopic (exact) mass is 380 g/mol. The summed E-state index contributed by atoms with van der Waals surface area (Å²) in [4.78, 5) is 11.8. The van der Waals surface area contributed by atoms with Gasteiger partial charge in [-0.25, -0.2) is 5.43 Å². The number of hydrogen-bond acceptors (Lipinski definition) is 3. The summed E-state index contributed by atoms with van der Waals surface area (Å²) in [6.45, 7) is 4.82. The molecule has 0 radical (unpaired) electrons. The molecule has 2 aromatic carbocycles. The maximum absolute atomic E-state index is 11.8. The van der Waals surface area contributed by atoms with Crippen molar-refractivity contribution in [2.75, 3.05) is 0 Å². The topological polar surface area (TPSA) is 50.7 Å². The molecule has 28 heavy (non-hydrogen) atoms. The van der Waals surface area contributed by atoms with Gasteiger partial charge in [0.25, 0.3) is 0 Å². The number of benzene rings is 2. The highest BCUT2D eigenvalue weighted by molar-refractivity contribution is 5.82. The molecule has 0 bridgehead atoms. The van der Waals surface area contributed by atoms with Gasteiger partial charge in [0.2, 0.25) is 5.91 Å². The highest BCUT2D eigenvalue weighted by Gasteiger charge is 2.00. The van der Waals surface area contributed by atoms with Crippen molar-refractivity contribution in [1.29, 1.82) is 0 Å². The molecule has 4 nitrogen and oxygen atoms in total. The van der Waals surface area contributed by atoms with E-state index in [0.29, 0.717) is 13.0 Å². The molecular formula is C24H32N2O2. The first-order valence-electron chi connectivity index (χ1n) is 10.3. The first kappa shape index (κ1) is 21.7. The highest BCUT2D eigenvalue weighted by atomic mass is 16.5. The lowest BCUT2D eigenvalue weighted by Gasteiger charge is -2.07. The van der Waals surface area contributed by atoms with Gasteiger partial charge in [0, 0.05) is 6.42 Å². The molecule has 2 aromatic rings. The number of hydrazone groups is 1. The molecule has 0 aromatic heterocycles. The normalized spacial score (nSPS) is 10.9. The van der Waals surface area contributed by atoms with Gasteiger partial charge in [-0.05, 0) is 48.7 Å². The first-order valence-corrected chi connectivity index (χ1v) is 10.3. The maximum atomic E-state index is 11.8. The van der Waals surface area contributed by atoms with Gasteiger partial charge in [-0.15, -0.1) is 0 Å². The zero-order valence-corrected chi connectivity index (χ0v) is 17.1. The van der Waals surface area contributed by atoms with Gasteiger partial charge in [0.05, 0.1) is 6.21 Å². The molecule has 0 aliphatic carbocycles. The summed E-state index contributed by atoms with van der Waals surface area (Å²) in [5.41, 5.74) is 5.90. The smallest absolute Gasteiger partial charge is 0.240 e. The van der Waals surface area contributed by atoms with Gasteiger partial charge < -0.3 is 4.74 Å². The van der Waals surface area contributed by atoms with Crippen LogP contribution in [0, 0.1) is 6.92 Å². The van der Waals surface area contributed by atoms with Crippen molar-refractivity contribution in [1.82, 2.24) is 5.43 Å². The van der Waals surface area contributed by atoms with Gasteiger partial charge in [-0.1, -0.05) is 68.9 Å². The second-order valence-corrected chi connectivity index (χ2v) is 7.15. The Kier molecular flexibility index (Phi) is 9.84. The number of rotatable bonds is 12. The molecule has 0 saturated carbocycles. The number of aryl methyl sites for hydroxylation is 1. The fourth-order valence-corrected chi connectivity index (χ4v) is 2.80. The van der Waals surface area contributed by atoms with Crippen LogP contribution < -0.4 is 10.2 Å². The molecule has 0 aliphatic rings. The average molecular weight is 381 g/mol. The van der Waals surface area contributed by atoms with Gasteiger partial charge >= 0.3 is 0 Å². The summed E-state index contributed by atoms with van der Waals surface area (Å²) < 4.78 is 5.79. The summed E-state index contributed by atoms with van der Waals surface area (Å²) in [6, 6.07) is 16.0. The van der Waals surface area contributed by atoms with E-state index >= 15 is 0 Å². The van der Waals surface area contributed by atoms with Crippen LogP contribution in [0.25, 0.3) is 0 Å². The standard InChI is InChI=1S/C24H32N2O2/c1-3-4-5-6-7-8-9-24(27)26-25-18-21-14-16-23(17-15-21)28-19-22-12-10-20(2)11-13-22/h10-18H,3-9,19H2,1-2H3,(H,26,27)/b25-18+. The van der Waals surface area contributed by atoms with Crippen LogP contribution in [0.5, 0.6) is 5.75 Å². The number of hydrogen-bond donors (Lipinski definition) is 1. The zero-order chi connectivity index (χ0) is 20.0. The Labute approximate surface area is 169 Å². The number of carbonyl (C=O) groups is 1. The quantitative estimate of drug-likeness (QED) is 0.288. The minimum Gasteiger partial charge on any atom is -0.489 e. The highest BCUT2D eigenvalue weighted by Crippen LogP contribution is 2.14. The Morgan fingerprint density at radius 1 is 0.964 bits per heavy atom. The van der Waals surface area contributed by atoms with E-state index in [1.54, 1.807) is 6.21 Å². The van der Waals surface area contributed by atoms with Crippen LogP contribution in [-0.4, -0.2) is 12.1 Å². The van der Waals surface area contributed by atoms with E-state index in [-0.39, 0.29) is 5.91 Å². The third-order valence-electron chi connectivity index (χ3n) is 4.57. The van der Waals surface area contributed by atoms with Crippen LogP contribution in [0.15, 0.2) is 53.6 Å².